The summed E-state index contributed by atoms with van der Waals surface area (Å²) in [6, 6.07) is 9.32. The summed E-state index contributed by atoms with van der Waals surface area (Å²) in [5.74, 6) is -0.579. The molecule has 5 heteroatoms. The Morgan fingerprint density at radius 3 is 2.75 bits per heavy atom. The van der Waals surface area contributed by atoms with Gasteiger partial charge in [0.15, 0.2) is 5.82 Å². The molecule has 0 aliphatic heterocycles. The number of aromatic nitrogens is 1. The van der Waals surface area contributed by atoms with Gasteiger partial charge in [0.2, 0.25) is 0 Å². The summed E-state index contributed by atoms with van der Waals surface area (Å²) in [5.41, 5.74) is 8.26. The van der Waals surface area contributed by atoms with E-state index in [-0.39, 0.29) is 11.3 Å². The molecule has 3 N–H and O–H groups in total. The Labute approximate surface area is 117 Å². The van der Waals surface area contributed by atoms with E-state index >= 15 is 0 Å². The second-order valence-electron chi connectivity index (χ2n) is 4.48. The zero-order chi connectivity index (χ0) is 14.7. The molecular formula is C15H17N3O2. The van der Waals surface area contributed by atoms with E-state index in [0.717, 1.165) is 11.3 Å². The van der Waals surface area contributed by atoms with Crippen molar-refractivity contribution in [1.82, 2.24) is 4.98 Å². The quantitative estimate of drug-likeness (QED) is 0.893. The van der Waals surface area contributed by atoms with Crippen LogP contribution in [0.25, 0.3) is 0 Å². The van der Waals surface area contributed by atoms with Crippen LogP contribution in [0.15, 0.2) is 36.5 Å². The van der Waals surface area contributed by atoms with Crippen molar-refractivity contribution in [3.05, 3.63) is 47.7 Å². The Bertz CT molecular complexity index is 641. The monoisotopic (exact) mass is 271 g/mol. The van der Waals surface area contributed by atoms with Crippen LogP contribution in [0.5, 0.6) is 0 Å². The number of benzene rings is 1. The summed E-state index contributed by atoms with van der Waals surface area (Å²) in [6.45, 7) is 4.61. The first-order valence-electron chi connectivity index (χ1n) is 6.36. The zero-order valence-corrected chi connectivity index (χ0v) is 11.5. The van der Waals surface area contributed by atoms with E-state index in [1.54, 1.807) is 0 Å². The van der Waals surface area contributed by atoms with E-state index in [2.05, 4.69) is 4.98 Å². The van der Waals surface area contributed by atoms with E-state index < -0.39 is 5.97 Å². The third-order valence-electron chi connectivity index (χ3n) is 3.08. The summed E-state index contributed by atoms with van der Waals surface area (Å²) in [4.78, 5) is 17.3. The van der Waals surface area contributed by atoms with E-state index in [1.807, 2.05) is 43.0 Å². The van der Waals surface area contributed by atoms with Gasteiger partial charge in [-0.3, -0.25) is 0 Å². The molecule has 0 bridgehead atoms. The van der Waals surface area contributed by atoms with Crippen LogP contribution in [0.3, 0.4) is 0 Å². The molecule has 0 aliphatic carbocycles. The van der Waals surface area contributed by atoms with Gasteiger partial charge in [-0.05, 0) is 37.6 Å². The van der Waals surface area contributed by atoms with Gasteiger partial charge >= 0.3 is 5.97 Å². The number of hydrogen-bond acceptors (Lipinski definition) is 4. The van der Waals surface area contributed by atoms with Crippen LogP contribution in [-0.2, 0) is 0 Å². The van der Waals surface area contributed by atoms with Gasteiger partial charge in [-0.1, -0.05) is 12.1 Å². The first-order valence-corrected chi connectivity index (χ1v) is 6.36. The van der Waals surface area contributed by atoms with Gasteiger partial charge in [-0.25, -0.2) is 9.78 Å². The molecule has 1 heterocycles. The van der Waals surface area contributed by atoms with Crippen molar-refractivity contribution in [2.45, 2.75) is 13.8 Å². The van der Waals surface area contributed by atoms with E-state index in [4.69, 9.17) is 10.8 Å². The molecule has 5 nitrogen and oxygen atoms in total. The molecule has 20 heavy (non-hydrogen) atoms. The number of nitrogens with two attached hydrogens (primary N) is 1. The second-order valence-corrected chi connectivity index (χ2v) is 4.48. The molecule has 0 spiro atoms. The number of aromatic carboxylic acids is 1. The number of carbonyl (C=O) groups is 1. The molecule has 0 aliphatic rings. The lowest BCUT2D eigenvalue weighted by atomic mass is 10.1. The molecule has 104 valence electrons. The van der Waals surface area contributed by atoms with E-state index in [0.29, 0.717) is 12.4 Å². The van der Waals surface area contributed by atoms with Crippen LogP contribution >= 0.6 is 0 Å². The first-order chi connectivity index (χ1) is 9.54. The van der Waals surface area contributed by atoms with Gasteiger partial charge in [0, 0.05) is 18.4 Å². The maximum absolute atomic E-state index is 11.1. The largest absolute Gasteiger partial charge is 0.478 e. The summed E-state index contributed by atoms with van der Waals surface area (Å²) < 4.78 is 0. The second kappa shape index (κ2) is 5.61. The average Bonchev–Trinajstić information content (AvgIpc) is 2.41. The van der Waals surface area contributed by atoms with Gasteiger partial charge in [0.1, 0.15) is 0 Å². The standard InChI is InChI=1S/C15H17N3O2/c1-3-18(11-6-4-5-10(2)9-11)14-13(16)12(15(19)20)7-8-17-14/h4-9H,3,16H2,1-2H3,(H,19,20). The number of nitrogens with zero attached hydrogens (tertiary/aromatic N) is 2. The van der Waals surface area contributed by atoms with Crippen molar-refractivity contribution < 1.29 is 9.90 Å². The van der Waals surface area contributed by atoms with Gasteiger partial charge in [-0.15, -0.1) is 0 Å². The summed E-state index contributed by atoms with van der Waals surface area (Å²) in [5, 5.41) is 9.13. The Kier molecular flexibility index (Phi) is 3.89. The Morgan fingerprint density at radius 2 is 2.15 bits per heavy atom. The maximum atomic E-state index is 11.1. The summed E-state index contributed by atoms with van der Waals surface area (Å²) >= 11 is 0. The fourth-order valence-corrected chi connectivity index (χ4v) is 2.11. The van der Waals surface area contributed by atoms with Crippen molar-refractivity contribution in [2.24, 2.45) is 0 Å². The van der Waals surface area contributed by atoms with E-state index in [1.165, 1.54) is 12.3 Å². The lowest BCUT2D eigenvalue weighted by Gasteiger charge is -2.24. The average molecular weight is 271 g/mol. The minimum absolute atomic E-state index is 0.0705. The zero-order valence-electron chi connectivity index (χ0n) is 11.5. The SMILES string of the molecule is CCN(c1cccc(C)c1)c1nccc(C(=O)O)c1N. The summed E-state index contributed by atoms with van der Waals surface area (Å²) in [7, 11) is 0. The molecule has 2 rings (SSSR count). The highest BCUT2D eigenvalue weighted by Gasteiger charge is 2.17. The van der Waals surface area contributed by atoms with Crippen LogP contribution in [0.4, 0.5) is 17.2 Å². The molecule has 0 amide bonds. The smallest absolute Gasteiger partial charge is 0.337 e. The van der Waals surface area contributed by atoms with Crippen molar-refractivity contribution in [3.63, 3.8) is 0 Å². The minimum Gasteiger partial charge on any atom is -0.478 e. The third-order valence-corrected chi connectivity index (χ3v) is 3.08. The van der Waals surface area contributed by atoms with Crippen molar-refractivity contribution >= 4 is 23.2 Å². The third kappa shape index (κ3) is 2.56. The van der Waals surface area contributed by atoms with Crippen molar-refractivity contribution in [1.29, 1.82) is 0 Å². The number of anilines is 3. The predicted octanol–water partition coefficient (Wildman–Crippen LogP) is 2.83. The van der Waals surface area contributed by atoms with Gasteiger partial charge < -0.3 is 15.7 Å². The molecule has 0 unspecified atom stereocenters. The molecule has 1 aromatic heterocycles. The lowest BCUT2D eigenvalue weighted by Crippen LogP contribution is -2.20. The molecule has 2 aromatic rings. The topological polar surface area (TPSA) is 79.5 Å². The van der Waals surface area contributed by atoms with Gasteiger partial charge in [-0.2, -0.15) is 0 Å². The highest BCUT2D eigenvalue weighted by molar-refractivity contribution is 5.97. The van der Waals surface area contributed by atoms with Gasteiger partial charge in [0.05, 0.1) is 11.3 Å². The van der Waals surface area contributed by atoms with Crippen molar-refractivity contribution in [3.8, 4) is 0 Å². The number of hydrogen-bond donors (Lipinski definition) is 2. The number of nitrogen functional groups attached to an aromatic ring is 1. The number of rotatable bonds is 4. The Balaban J connectivity index is 2.53. The lowest BCUT2D eigenvalue weighted by molar-refractivity contribution is 0.0698. The Morgan fingerprint density at radius 1 is 1.40 bits per heavy atom. The van der Waals surface area contributed by atoms with Crippen LogP contribution in [0.1, 0.15) is 22.8 Å². The molecule has 0 saturated carbocycles. The van der Waals surface area contributed by atoms with Crippen LogP contribution in [-0.4, -0.2) is 22.6 Å². The highest BCUT2D eigenvalue weighted by atomic mass is 16.4. The van der Waals surface area contributed by atoms with Crippen LogP contribution in [0.2, 0.25) is 0 Å². The molecule has 0 fully saturated rings. The van der Waals surface area contributed by atoms with Crippen LogP contribution < -0.4 is 10.6 Å². The number of carboxylic acid groups (broad SMARTS) is 1. The molecule has 0 saturated heterocycles. The summed E-state index contributed by atoms with van der Waals surface area (Å²) in [6.07, 6.45) is 1.47. The number of carboxylic acids is 1. The fourth-order valence-electron chi connectivity index (χ4n) is 2.11. The number of aryl methyl sites for hydroxylation is 1. The molecule has 1 aromatic carbocycles. The fraction of sp³-hybridized carbons (Fsp3) is 0.200. The molecule has 0 atom stereocenters. The van der Waals surface area contributed by atoms with E-state index in [9.17, 15) is 4.79 Å². The van der Waals surface area contributed by atoms with Gasteiger partial charge in [0.25, 0.3) is 0 Å². The predicted molar refractivity (Wildman–Crippen MR) is 79.5 cm³/mol. The van der Waals surface area contributed by atoms with Crippen molar-refractivity contribution in [2.75, 3.05) is 17.2 Å². The first kappa shape index (κ1) is 13.9. The molecule has 0 radical (unpaired) electrons. The molecular weight excluding hydrogens is 254 g/mol. The maximum Gasteiger partial charge on any atom is 0.337 e. The van der Waals surface area contributed by atoms with Crippen LogP contribution in [0, 0.1) is 6.92 Å². The highest BCUT2D eigenvalue weighted by Crippen LogP contribution is 2.30. The number of pyridine rings is 1. The minimum atomic E-state index is -1.05. The Hall–Kier alpha value is -2.56. The normalized spacial score (nSPS) is 10.3.